The van der Waals surface area contributed by atoms with E-state index in [0.29, 0.717) is 11.6 Å². The van der Waals surface area contributed by atoms with Gasteiger partial charge in [0.15, 0.2) is 15.5 Å². The minimum Gasteiger partial charge on any atom is -0.481 e. The van der Waals surface area contributed by atoms with Crippen LogP contribution in [0.4, 0.5) is 0 Å². The van der Waals surface area contributed by atoms with Crippen molar-refractivity contribution >= 4 is 15.7 Å². The number of hydrogen-bond donors (Lipinski definition) is 0. The van der Waals surface area contributed by atoms with E-state index in [9.17, 15) is 13.2 Å². The first-order valence-electron chi connectivity index (χ1n) is 9.12. The van der Waals surface area contributed by atoms with Gasteiger partial charge in [-0.3, -0.25) is 4.79 Å². The minimum absolute atomic E-state index is 0.0204. The number of sulfone groups is 1. The van der Waals surface area contributed by atoms with Crippen molar-refractivity contribution in [2.24, 2.45) is 0 Å². The van der Waals surface area contributed by atoms with E-state index < -0.39 is 9.84 Å². The first-order chi connectivity index (χ1) is 14.0. The Morgan fingerprint density at radius 2 is 1.79 bits per heavy atom. The molecule has 0 saturated carbocycles. The van der Waals surface area contributed by atoms with Crippen LogP contribution in [0.15, 0.2) is 54.7 Å². The van der Waals surface area contributed by atoms with Gasteiger partial charge in [0.2, 0.25) is 5.88 Å². The van der Waals surface area contributed by atoms with Gasteiger partial charge in [-0.2, -0.15) is 5.10 Å². The Balaban J connectivity index is 1.72. The normalized spacial score (nSPS) is 15.8. The number of carbonyl (C=O) groups is 1. The molecule has 4 rings (SSSR count). The summed E-state index contributed by atoms with van der Waals surface area (Å²) >= 11 is 0. The lowest BCUT2D eigenvalue weighted by atomic mass is 10.1. The van der Waals surface area contributed by atoms with Gasteiger partial charge in [0.25, 0.3) is 5.91 Å². The molecule has 0 atom stereocenters. The van der Waals surface area contributed by atoms with Crippen molar-refractivity contribution in [2.75, 3.05) is 31.7 Å². The van der Waals surface area contributed by atoms with Crippen molar-refractivity contribution in [3.63, 3.8) is 0 Å². The van der Waals surface area contributed by atoms with Crippen LogP contribution in [0.2, 0.25) is 0 Å². The molecular weight excluding hydrogens is 392 g/mol. The van der Waals surface area contributed by atoms with Gasteiger partial charge < -0.3 is 9.64 Å². The molecule has 0 aliphatic carbocycles. The molecule has 150 valence electrons. The van der Waals surface area contributed by atoms with E-state index >= 15 is 0 Å². The van der Waals surface area contributed by atoms with E-state index in [1.165, 1.54) is 4.90 Å². The third kappa shape index (κ3) is 4.00. The van der Waals surface area contributed by atoms with E-state index in [0.717, 1.165) is 11.3 Å². The van der Waals surface area contributed by atoms with E-state index in [2.05, 4.69) is 10.1 Å². The predicted molar refractivity (Wildman–Crippen MR) is 108 cm³/mol. The summed E-state index contributed by atoms with van der Waals surface area (Å²) in [6.07, 6.45) is 1.62. The second kappa shape index (κ2) is 7.67. The fourth-order valence-corrected chi connectivity index (χ4v) is 4.39. The molecule has 1 aromatic carbocycles. The zero-order valence-electron chi connectivity index (χ0n) is 15.9. The number of rotatable bonds is 4. The van der Waals surface area contributed by atoms with Gasteiger partial charge in [-0.1, -0.05) is 30.3 Å². The Kier molecular flexibility index (Phi) is 5.06. The Morgan fingerprint density at radius 1 is 1.07 bits per heavy atom. The molecule has 0 N–H and O–H groups in total. The van der Waals surface area contributed by atoms with Crippen molar-refractivity contribution in [3.8, 4) is 22.8 Å². The molecule has 3 heterocycles. The van der Waals surface area contributed by atoms with E-state index in [1.807, 2.05) is 36.4 Å². The summed E-state index contributed by atoms with van der Waals surface area (Å²) in [4.78, 5) is 18.7. The summed E-state index contributed by atoms with van der Waals surface area (Å²) < 4.78 is 30.1. The largest absolute Gasteiger partial charge is 0.481 e. The Bertz CT molecular complexity index is 1110. The summed E-state index contributed by atoms with van der Waals surface area (Å²) in [5.41, 5.74) is 2.59. The monoisotopic (exact) mass is 412 g/mol. The summed E-state index contributed by atoms with van der Waals surface area (Å²) in [5, 5.41) is 4.52. The smallest absolute Gasteiger partial charge is 0.274 e. The molecule has 1 saturated heterocycles. The molecule has 9 heteroatoms. The number of hydrogen-bond acceptors (Lipinski definition) is 6. The molecule has 1 amide bonds. The van der Waals surface area contributed by atoms with Crippen molar-refractivity contribution in [1.29, 1.82) is 0 Å². The maximum Gasteiger partial charge on any atom is 0.274 e. The molecule has 0 spiro atoms. The van der Waals surface area contributed by atoms with Crippen molar-refractivity contribution in [1.82, 2.24) is 19.7 Å². The van der Waals surface area contributed by atoms with Crippen LogP contribution in [0.1, 0.15) is 10.5 Å². The molecule has 0 unspecified atom stereocenters. The van der Waals surface area contributed by atoms with Crippen molar-refractivity contribution < 1.29 is 17.9 Å². The van der Waals surface area contributed by atoms with Gasteiger partial charge in [-0.25, -0.2) is 18.1 Å². The molecule has 0 radical (unpaired) electrons. The zero-order valence-corrected chi connectivity index (χ0v) is 16.7. The highest BCUT2D eigenvalue weighted by Gasteiger charge is 2.28. The van der Waals surface area contributed by atoms with E-state index in [4.69, 9.17) is 4.74 Å². The van der Waals surface area contributed by atoms with Crippen LogP contribution in [0, 0.1) is 0 Å². The fourth-order valence-electron chi connectivity index (χ4n) is 3.19. The Morgan fingerprint density at radius 3 is 2.41 bits per heavy atom. The van der Waals surface area contributed by atoms with Gasteiger partial charge in [0.05, 0.1) is 36.2 Å². The molecule has 1 aliphatic heterocycles. The quantitative estimate of drug-likeness (QED) is 0.649. The highest BCUT2D eigenvalue weighted by Crippen LogP contribution is 2.25. The lowest BCUT2D eigenvalue weighted by molar-refractivity contribution is 0.0764. The van der Waals surface area contributed by atoms with Gasteiger partial charge in [0.1, 0.15) is 0 Å². The number of benzene rings is 1. The minimum atomic E-state index is -3.07. The maximum atomic E-state index is 13.0. The van der Waals surface area contributed by atoms with E-state index in [1.54, 1.807) is 30.1 Å². The van der Waals surface area contributed by atoms with Crippen molar-refractivity contribution in [3.05, 3.63) is 60.4 Å². The molecule has 29 heavy (non-hydrogen) atoms. The standard InChI is InChI=1S/C20H20N4O4S/c1-28-19-8-7-16(14-21-19)24-18(15-5-3-2-4-6-15)13-17(22-24)20(25)23-9-11-29(26,27)12-10-23/h2-8,13-14H,9-12H2,1H3. The van der Waals surface area contributed by atoms with Gasteiger partial charge in [-0.05, 0) is 12.1 Å². The van der Waals surface area contributed by atoms with Crippen LogP contribution in [0.25, 0.3) is 16.9 Å². The summed E-state index contributed by atoms with van der Waals surface area (Å²) in [7, 11) is -1.52. The predicted octanol–water partition coefficient (Wildman–Crippen LogP) is 1.81. The topological polar surface area (TPSA) is 94.4 Å². The number of aromatic nitrogens is 3. The van der Waals surface area contributed by atoms with Gasteiger partial charge in [0, 0.05) is 24.7 Å². The molecule has 3 aromatic rings. The third-order valence-corrected chi connectivity index (χ3v) is 6.41. The fraction of sp³-hybridized carbons (Fsp3) is 0.250. The first kappa shape index (κ1) is 19.1. The van der Waals surface area contributed by atoms with Crippen LogP contribution in [0.3, 0.4) is 0 Å². The lowest BCUT2D eigenvalue weighted by Gasteiger charge is -2.25. The number of nitrogens with zero attached hydrogens (tertiary/aromatic N) is 4. The van der Waals surface area contributed by atoms with Crippen LogP contribution >= 0.6 is 0 Å². The van der Waals surface area contributed by atoms with Crippen LogP contribution in [-0.4, -0.2) is 65.7 Å². The second-order valence-electron chi connectivity index (χ2n) is 6.70. The highest BCUT2D eigenvalue weighted by atomic mass is 32.2. The van der Waals surface area contributed by atoms with Crippen LogP contribution < -0.4 is 4.74 Å². The second-order valence-corrected chi connectivity index (χ2v) is 9.00. The highest BCUT2D eigenvalue weighted by molar-refractivity contribution is 7.91. The van der Waals surface area contributed by atoms with E-state index in [-0.39, 0.29) is 36.2 Å². The molecule has 8 nitrogen and oxygen atoms in total. The zero-order chi connectivity index (χ0) is 20.4. The summed E-state index contributed by atoms with van der Waals surface area (Å²) in [6.45, 7) is 0.359. The van der Waals surface area contributed by atoms with Crippen LogP contribution in [0.5, 0.6) is 5.88 Å². The average Bonchev–Trinajstić information content (AvgIpc) is 3.19. The molecule has 1 fully saturated rings. The molecule has 1 aliphatic rings. The number of methoxy groups -OCH3 is 1. The molecule has 0 bridgehead atoms. The number of carbonyl (C=O) groups excluding carboxylic acids is 1. The number of ether oxygens (including phenoxy) is 1. The van der Waals surface area contributed by atoms with Crippen molar-refractivity contribution in [2.45, 2.75) is 0 Å². The summed E-state index contributed by atoms with van der Waals surface area (Å²) in [5.74, 6) is 0.158. The Hall–Kier alpha value is -3.20. The van der Waals surface area contributed by atoms with Gasteiger partial charge in [-0.15, -0.1) is 0 Å². The summed E-state index contributed by atoms with van der Waals surface area (Å²) in [6, 6.07) is 14.9. The molecular formula is C20H20N4O4S. The maximum absolute atomic E-state index is 13.0. The Labute approximate surface area is 168 Å². The van der Waals surface area contributed by atoms with Gasteiger partial charge >= 0.3 is 0 Å². The number of pyridine rings is 1. The lowest BCUT2D eigenvalue weighted by Crippen LogP contribution is -2.43. The van der Waals surface area contributed by atoms with Crippen LogP contribution in [-0.2, 0) is 9.84 Å². The average molecular weight is 412 g/mol. The third-order valence-electron chi connectivity index (χ3n) is 4.80. The molecule has 2 aromatic heterocycles. The number of amides is 1. The first-order valence-corrected chi connectivity index (χ1v) is 10.9. The SMILES string of the molecule is COc1ccc(-n2nc(C(=O)N3CCS(=O)(=O)CC3)cc2-c2ccccc2)cn1.